The van der Waals surface area contributed by atoms with Crippen molar-refractivity contribution in [2.24, 2.45) is 0 Å². The molecule has 0 saturated heterocycles. The zero-order valence-corrected chi connectivity index (χ0v) is 17.1. The van der Waals surface area contributed by atoms with Crippen LogP contribution in [-0.2, 0) is 19.4 Å². The van der Waals surface area contributed by atoms with Crippen LogP contribution >= 0.6 is 0 Å². The molecule has 0 radical (unpaired) electrons. The molecule has 0 amide bonds. The minimum Gasteiger partial charge on any atom is -0.480 e. The molecule has 0 aliphatic carbocycles. The van der Waals surface area contributed by atoms with Crippen molar-refractivity contribution in [1.82, 2.24) is 10.4 Å². The molecule has 1 aromatic carbocycles. The molecular weight excluding hydrogens is 372 g/mol. The number of benzene rings is 1. The molecule has 1 aliphatic rings. The highest BCUT2D eigenvalue weighted by Crippen LogP contribution is 2.22. The van der Waals surface area contributed by atoms with Crippen LogP contribution in [0.1, 0.15) is 0 Å². The van der Waals surface area contributed by atoms with Gasteiger partial charge in [-0.05, 0) is 24.3 Å². The third kappa shape index (κ3) is 5.40. The van der Waals surface area contributed by atoms with Gasteiger partial charge >= 0.3 is 5.97 Å². The summed E-state index contributed by atoms with van der Waals surface area (Å²) in [7, 11) is -4.98. The van der Waals surface area contributed by atoms with E-state index in [4.69, 9.17) is 4.74 Å². The summed E-state index contributed by atoms with van der Waals surface area (Å²) in [6.07, 6.45) is 2.88. The smallest absolute Gasteiger partial charge is 0.330 e. The molecular formula is C17H26N2O5SSi. The first-order valence-electron chi connectivity index (χ1n) is 8.37. The number of ether oxygens (including phenoxy) is 1. The predicted octanol–water partition coefficient (Wildman–Crippen LogP) is 1.93. The number of nitrogens with zero attached hydrogens (tertiary/aromatic N) is 1. The molecule has 1 aromatic rings. The first-order valence-corrected chi connectivity index (χ1v) is 13.7. The Morgan fingerprint density at radius 3 is 2.50 bits per heavy atom. The first kappa shape index (κ1) is 20.6. The quantitative estimate of drug-likeness (QED) is 0.485. The van der Waals surface area contributed by atoms with Crippen LogP contribution in [-0.4, -0.2) is 57.2 Å². The fourth-order valence-corrected chi connectivity index (χ4v) is 4.82. The SMILES string of the molecule is C[Si](C)(C)CCOCN1C=CC(CS(=O)(=O)c2ccccc2)(C(=O)O)N1. The Hall–Kier alpha value is -1.68. The monoisotopic (exact) mass is 398 g/mol. The number of hydrogen-bond donors (Lipinski definition) is 2. The van der Waals surface area contributed by atoms with Gasteiger partial charge in [-0.2, -0.15) is 0 Å². The number of nitrogens with one attached hydrogen (secondary N) is 1. The van der Waals surface area contributed by atoms with E-state index in [2.05, 4.69) is 25.1 Å². The van der Waals surface area contributed by atoms with Crippen molar-refractivity contribution in [2.45, 2.75) is 36.1 Å². The van der Waals surface area contributed by atoms with Gasteiger partial charge in [-0.1, -0.05) is 37.8 Å². The summed E-state index contributed by atoms with van der Waals surface area (Å²) >= 11 is 0. The molecule has 2 rings (SSSR count). The van der Waals surface area contributed by atoms with Gasteiger partial charge in [0.05, 0.1) is 10.6 Å². The van der Waals surface area contributed by atoms with Gasteiger partial charge in [-0.3, -0.25) is 5.01 Å². The van der Waals surface area contributed by atoms with Gasteiger partial charge < -0.3 is 9.84 Å². The van der Waals surface area contributed by atoms with Crippen LogP contribution in [0.15, 0.2) is 47.5 Å². The van der Waals surface area contributed by atoms with Crippen LogP contribution < -0.4 is 5.43 Å². The third-order valence-corrected chi connectivity index (χ3v) is 7.54. The normalized spacial score (nSPS) is 20.5. The van der Waals surface area contributed by atoms with E-state index in [-0.39, 0.29) is 11.6 Å². The van der Waals surface area contributed by atoms with E-state index in [0.29, 0.717) is 6.61 Å². The Bertz CT molecular complexity index is 761. The Labute approximate surface area is 155 Å². The van der Waals surface area contributed by atoms with Crippen molar-refractivity contribution in [3.63, 3.8) is 0 Å². The highest BCUT2D eigenvalue weighted by molar-refractivity contribution is 7.91. The van der Waals surface area contributed by atoms with Gasteiger partial charge in [0.1, 0.15) is 6.73 Å². The van der Waals surface area contributed by atoms with Gasteiger partial charge in [0.15, 0.2) is 15.4 Å². The van der Waals surface area contributed by atoms with E-state index in [0.717, 1.165) is 6.04 Å². The van der Waals surface area contributed by atoms with Crippen LogP contribution in [0.2, 0.25) is 25.7 Å². The maximum Gasteiger partial charge on any atom is 0.330 e. The molecule has 1 heterocycles. The van der Waals surface area contributed by atoms with Crippen LogP contribution in [0.5, 0.6) is 0 Å². The molecule has 0 bridgehead atoms. The van der Waals surface area contributed by atoms with Gasteiger partial charge in [0.2, 0.25) is 0 Å². The zero-order chi connectivity index (χ0) is 19.4. The molecule has 144 valence electrons. The van der Waals surface area contributed by atoms with Crippen molar-refractivity contribution in [3.05, 3.63) is 42.6 Å². The number of sulfone groups is 1. The lowest BCUT2D eigenvalue weighted by atomic mass is 10.1. The van der Waals surface area contributed by atoms with E-state index in [1.54, 1.807) is 18.2 Å². The minimum absolute atomic E-state index is 0.0978. The standard InChI is InChI=1S/C17H26N2O5SSi/c1-26(2,3)12-11-24-14-19-10-9-17(18-19,16(20)21)13-25(22,23)15-7-5-4-6-8-15/h4-10,18H,11-14H2,1-3H3,(H,20,21). The maximum atomic E-state index is 12.6. The fourth-order valence-electron chi connectivity index (χ4n) is 2.44. The van der Waals surface area contributed by atoms with Gasteiger partial charge in [-0.15, -0.1) is 0 Å². The summed E-state index contributed by atoms with van der Waals surface area (Å²) in [4.78, 5) is 11.9. The lowest BCUT2D eigenvalue weighted by Gasteiger charge is -2.27. The molecule has 9 heteroatoms. The Morgan fingerprint density at radius 1 is 1.27 bits per heavy atom. The van der Waals surface area contributed by atoms with Crippen LogP contribution in [0.25, 0.3) is 0 Å². The summed E-state index contributed by atoms with van der Waals surface area (Å²) in [5.74, 6) is -1.83. The van der Waals surface area contributed by atoms with Crippen molar-refractivity contribution in [3.8, 4) is 0 Å². The van der Waals surface area contributed by atoms with Crippen LogP contribution in [0, 0.1) is 0 Å². The van der Waals surface area contributed by atoms with Crippen LogP contribution in [0.4, 0.5) is 0 Å². The summed E-state index contributed by atoms with van der Waals surface area (Å²) in [5, 5.41) is 11.1. The molecule has 0 saturated carbocycles. The molecule has 1 aliphatic heterocycles. The highest BCUT2D eigenvalue weighted by Gasteiger charge is 2.45. The second-order valence-corrected chi connectivity index (χ2v) is 15.2. The minimum atomic E-state index is -3.77. The Morgan fingerprint density at radius 2 is 1.92 bits per heavy atom. The Kier molecular flexibility index (Phi) is 6.27. The molecule has 1 atom stereocenters. The predicted molar refractivity (Wildman–Crippen MR) is 102 cm³/mol. The largest absolute Gasteiger partial charge is 0.480 e. The van der Waals surface area contributed by atoms with Crippen molar-refractivity contribution >= 4 is 23.9 Å². The summed E-state index contributed by atoms with van der Waals surface area (Å²) in [5.41, 5.74) is 1.05. The van der Waals surface area contributed by atoms with E-state index < -0.39 is 35.2 Å². The van der Waals surface area contributed by atoms with E-state index in [1.165, 1.54) is 29.4 Å². The molecule has 26 heavy (non-hydrogen) atoms. The second-order valence-electron chi connectivity index (χ2n) is 7.59. The molecule has 0 fully saturated rings. The van der Waals surface area contributed by atoms with Crippen molar-refractivity contribution in [2.75, 3.05) is 19.1 Å². The van der Waals surface area contributed by atoms with Gasteiger partial charge in [0.25, 0.3) is 0 Å². The molecule has 1 unspecified atom stereocenters. The molecule has 7 nitrogen and oxygen atoms in total. The van der Waals surface area contributed by atoms with E-state index in [1.807, 2.05) is 0 Å². The van der Waals surface area contributed by atoms with Gasteiger partial charge in [0, 0.05) is 20.9 Å². The van der Waals surface area contributed by atoms with E-state index >= 15 is 0 Å². The van der Waals surface area contributed by atoms with Crippen LogP contribution in [0.3, 0.4) is 0 Å². The number of hydrogen-bond acceptors (Lipinski definition) is 6. The average Bonchev–Trinajstić information content (AvgIpc) is 2.95. The molecule has 2 N–H and O–H groups in total. The van der Waals surface area contributed by atoms with Crippen molar-refractivity contribution < 1.29 is 23.1 Å². The lowest BCUT2D eigenvalue weighted by molar-refractivity contribution is -0.143. The van der Waals surface area contributed by atoms with Crippen molar-refractivity contribution in [1.29, 1.82) is 0 Å². The number of carboxylic acids is 1. The number of aliphatic carboxylic acids is 1. The fraction of sp³-hybridized carbons (Fsp3) is 0.471. The third-order valence-electron chi connectivity index (χ3n) is 4.01. The highest BCUT2D eigenvalue weighted by atomic mass is 32.2. The number of carboxylic acid groups (broad SMARTS) is 1. The van der Waals surface area contributed by atoms with Gasteiger partial charge in [-0.25, -0.2) is 18.6 Å². The summed E-state index contributed by atoms with van der Waals surface area (Å²) in [6, 6.07) is 8.84. The second kappa shape index (κ2) is 7.91. The van der Waals surface area contributed by atoms with E-state index in [9.17, 15) is 18.3 Å². The molecule has 0 aromatic heterocycles. The first-order chi connectivity index (χ1) is 12.0. The average molecular weight is 399 g/mol. The topological polar surface area (TPSA) is 95.9 Å². The summed E-state index contributed by atoms with van der Waals surface area (Å²) < 4.78 is 30.8. The summed E-state index contributed by atoms with van der Waals surface area (Å²) in [6.45, 7) is 7.47. The maximum absolute atomic E-state index is 12.6. The molecule has 0 spiro atoms. The lowest BCUT2D eigenvalue weighted by Crippen LogP contribution is -2.56. The number of hydrazine groups is 1. The number of rotatable bonds is 9. The zero-order valence-electron chi connectivity index (χ0n) is 15.3. The number of carbonyl (C=O) groups is 1. The Balaban J connectivity index is 2.02.